The van der Waals surface area contributed by atoms with Crippen molar-refractivity contribution in [3.05, 3.63) is 0 Å². The van der Waals surface area contributed by atoms with Gasteiger partial charge in [-0.3, -0.25) is 0 Å². The highest BCUT2D eigenvalue weighted by atomic mass is 35.5. The van der Waals surface area contributed by atoms with E-state index >= 15 is 0 Å². The van der Waals surface area contributed by atoms with Gasteiger partial charge in [-0.25, -0.2) is 23.5 Å². The van der Waals surface area contributed by atoms with E-state index in [1.807, 2.05) is 0 Å². The van der Waals surface area contributed by atoms with E-state index in [0.29, 0.717) is 9.34 Å². The Labute approximate surface area is 97.1 Å². The zero-order valence-corrected chi connectivity index (χ0v) is 9.69. The average molecular weight is 272 g/mol. The molecule has 2 saturated heterocycles. The standard InChI is InChI=1S/C6H9N2O6P.ClH/c9-5-7(1-3-13-5)15(11,12)8-2-4-14-6(8)10;/h1-4H2,(H,11,12);1H/p-1. The van der Waals surface area contributed by atoms with Crippen LogP contribution >= 0.6 is 7.67 Å². The van der Waals surface area contributed by atoms with Crippen LogP contribution in [0, 0.1) is 0 Å². The highest BCUT2D eigenvalue weighted by molar-refractivity contribution is 7.54. The van der Waals surface area contributed by atoms with Gasteiger partial charge in [0.05, 0.1) is 13.1 Å². The molecule has 0 aromatic carbocycles. The molecule has 0 spiro atoms. The molecule has 2 fully saturated rings. The second-order valence-corrected chi connectivity index (χ2v) is 4.98. The van der Waals surface area contributed by atoms with Gasteiger partial charge in [0.2, 0.25) is 0 Å². The summed E-state index contributed by atoms with van der Waals surface area (Å²) in [7, 11) is -4.18. The van der Waals surface area contributed by atoms with E-state index in [9.17, 15) is 19.0 Å². The monoisotopic (exact) mass is 271 g/mol. The molecule has 92 valence electrons. The number of rotatable bonds is 2. The van der Waals surface area contributed by atoms with Gasteiger partial charge in [-0.1, -0.05) is 0 Å². The summed E-state index contributed by atoms with van der Waals surface area (Å²) in [6, 6.07) is 0. The SMILES string of the molecule is O=C1OCCN1P(=O)(O)N1CCOC1=O.[Cl-]. The maximum Gasteiger partial charge on any atom is 0.418 e. The first-order chi connectivity index (χ1) is 7.03. The van der Waals surface area contributed by atoms with Gasteiger partial charge >= 0.3 is 19.9 Å². The van der Waals surface area contributed by atoms with Crippen molar-refractivity contribution in [1.82, 2.24) is 9.34 Å². The van der Waals surface area contributed by atoms with Crippen LogP contribution in [0.15, 0.2) is 0 Å². The van der Waals surface area contributed by atoms with Gasteiger partial charge in [0.15, 0.2) is 0 Å². The summed E-state index contributed by atoms with van der Waals surface area (Å²) in [4.78, 5) is 31.8. The number of ether oxygens (including phenoxy) is 2. The van der Waals surface area contributed by atoms with Gasteiger partial charge in [0.1, 0.15) is 13.2 Å². The van der Waals surface area contributed by atoms with E-state index < -0.39 is 19.9 Å². The number of hydrogen-bond acceptors (Lipinski definition) is 5. The predicted octanol–water partition coefficient (Wildman–Crippen LogP) is -3.00. The normalized spacial score (nSPS) is 20.6. The Kier molecular flexibility index (Phi) is 3.67. The molecule has 2 amide bonds. The molecule has 0 bridgehead atoms. The fraction of sp³-hybridized carbons (Fsp3) is 0.667. The number of nitrogens with zero attached hydrogens (tertiary/aromatic N) is 2. The zero-order valence-electron chi connectivity index (χ0n) is 8.04. The Morgan fingerprint density at radius 2 is 1.44 bits per heavy atom. The van der Waals surface area contributed by atoms with Crippen molar-refractivity contribution in [2.45, 2.75) is 0 Å². The minimum Gasteiger partial charge on any atom is -1.00 e. The second kappa shape index (κ2) is 4.48. The number of cyclic esters (lactones) is 2. The molecule has 0 unspecified atom stereocenters. The molecule has 8 nitrogen and oxygen atoms in total. The van der Waals surface area contributed by atoms with Crippen molar-refractivity contribution >= 4 is 19.9 Å². The van der Waals surface area contributed by atoms with Crippen LogP contribution in [0.2, 0.25) is 0 Å². The van der Waals surface area contributed by atoms with Crippen LogP contribution in [0.5, 0.6) is 0 Å². The number of halogens is 1. The Hall–Kier alpha value is -0.980. The lowest BCUT2D eigenvalue weighted by atomic mass is 10.7. The van der Waals surface area contributed by atoms with Gasteiger partial charge in [0.25, 0.3) is 0 Å². The Bertz CT molecular complexity index is 333. The molecule has 2 aliphatic rings. The minimum atomic E-state index is -4.18. The molecule has 2 rings (SSSR count). The van der Waals surface area contributed by atoms with Crippen LogP contribution in [0.25, 0.3) is 0 Å². The van der Waals surface area contributed by atoms with E-state index in [-0.39, 0.29) is 38.7 Å². The van der Waals surface area contributed by atoms with Crippen LogP contribution in [0.4, 0.5) is 9.59 Å². The molecule has 2 heterocycles. The highest BCUT2D eigenvalue weighted by Gasteiger charge is 2.47. The lowest BCUT2D eigenvalue weighted by Gasteiger charge is -2.25. The quantitative estimate of drug-likeness (QED) is 0.538. The van der Waals surface area contributed by atoms with Crippen LogP contribution in [-0.4, -0.2) is 52.7 Å². The molecule has 0 atom stereocenters. The molecule has 10 heteroatoms. The maximum absolute atomic E-state index is 11.8. The molecular formula is C6H9ClN2O6P-. The van der Waals surface area contributed by atoms with E-state index in [0.717, 1.165) is 0 Å². The van der Waals surface area contributed by atoms with Crippen LogP contribution in [-0.2, 0) is 14.0 Å². The fourth-order valence-electron chi connectivity index (χ4n) is 1.37. The molecule has 0 aromatic heterocycles. The van der Waals surface area contributed by atoms with Gasteiger partial charge in [-0.05, 0) is 0 Å². The van der Waals surface area contributed by atoms with Crippen LogP contribution < -0.4 is 12.4 Å². The molecular weight excluding hydrogens is 263 g/mol. The Morgan fingerprint density at radius 3 is 1.69 bits per heavy atom. The van der Waals surface area contributed by atoms with Crippen molar-refractivity contribution in [2.75, 3.05) is 26.3 Å². The summed E-state index contributed by atoms with van der Waals surface area (Å²) in [5, 5.41) is 0. The lowest BCUT2D eigenvalue weighted by molar-refractivity contribution is -0.0000199. The summed E-state index contributed by atoms with van der Waals surface area (Å²) in [6.45, 7) is 0.0886. The maximum atomic E-state index is 11.8. The summed E-state index contributed by atoms with van der Waals surface area (Å²) in [5.41, 5.74) is 0. The first-order valence-electron chi connectivity index (χ1n) is 4.26. The van der Waals surface area contributed by atoms with Crippen LogP contribution in [0.1, 0.15) is 0 Å². The first-order valence-corrected chi connectivity index (χ1v) is 5.82. The Morgan fingerprint density at radius 1 is 1.06 bits per heavy atom. The van der Waals surface area contributed by atoms with E-state index in [2.05, 4.69) is 9.47 Å². The summed E-state index contributed by atoms with van der Waals surface area (Å²) < 4.78 is 22.2. The molecule has 0 radical (unpaired) electrons. The summed E-state index contributed by atoms with van der Waals surface area (Å²) >= 11 is 0. The second-order valence-electron chi connectivity index (χ2n) is 2.99. The van der Waals surface area contributed by atoms with Crippen molar-refractivity contribution in [3.63, 3.8) is 0 Å². The predicted molar refractivity (Wildman–Crippen MR) is 45.9 cm³/mol. The van der Waals surface area contributed by atoms with Gasteiger partial charge in [-0.2, -0.15) is 0 Å². The topological polar surface area (TPSA) is 96.4 Å². The summed E-state index contributed by atoms with van der Waals surface area (Å²) in [6.07, 6.45) is -1.78. The molecule has 2 aliphatic heterocycles. The number of hydrogen-bond donors (Lipinski definition) is 1. The largest absolute Gasteiger partial charge is 1.00 e. The molecule has 0 aliphatic carbocycles. The van der Waals surface area contributed by atoms with Gasteiger partial charge < -0.3 is 26.8 Å². The number of amides is 2. The van der Waals surface area contributed by atoms with Crippen LogP contribution in [0.3, 0.4) is 0 Å². The first kappa shape index (κ1) is 13.1. The van der Waals surface area contributed by atoms with Gasteiger partial charge in [-0.15, -0.1) is 0 Å². The van der Waals surface area contributed by atoms with E-state index in [1.54, 1.807) is 0 Å². The average Bonchev–Trinajstić information content (AvgIpc) is 2.73. The molecule has 0 aromatic rings. The van der Waals surface area contributed by atoms with E-state index in [1.165, 1.54) is 0 Å². The third-order valence-electron chi connectivity index (χ3n) is 2.11. The summed E-state index contributed by atoms with van der Waals surface area (Å²) in [5.74, 6) is 0. The van der Waals surface area contributed by atoms with Crippen molar-refractivity contribution in [3.8, 4) is 0 Å². The van der Waals surface area contributed by atoms with Crippen molar-refractivity contribution in [2.24, 2.45) is 0 Å². The number of carbonyl (C=O) groups is 2. The fourth-order valence-corrected chi connectivity index (χ4v) is 2.86. The van der Waals surface area contributed by atoms with Crippen molar-refractivity contribution < 1.29 is 40.9 Å². The smallest absolute Gasteiger partial charge is 0.418 e. The highest BCUT2D eigenvalue weighted by Crippen LogP contribution is 2.51. The molecule has 16 heavy (non-hydrogen) atoms. The third-order valence-corrected chi connectivity index (χ3v) is 4.09. The third kappa shape index (κ3) is 1.95. The zero-order chi connectivity index (χ0) is 11.1. The molecule has 1 N–H and O–H groups in total. The lowest BCUT2D eigenvalue weighted by Crippen LogP contribution is -3.00. The van der Waals surface area contributed by atoms with Gasteiger partial charge in [0, 0.05) is 0 Å². The number of carbonyl (C=O) groups excluding carboxylic acids is 2. The van der Waals surface area contributed by atoms with E-state index in [4.69, 9.17) is 0 Å². The van der Waals surface area contributed by atoms with Crippen molar-refractivity contribution in [1.29, 1.82) is 0 Å². The minimum absolute atomic E-state index is 0. The Balaban J connectivity index is 0.00000128. The molecule has 0 saturated carbocycles.